The molecule has 0 rings (SSSR count). The van der Waals surface area contributed by atoms with E-state index in [4.69, 9.17) is 29.5 Å². The Labute approximate surface area is 123 Å². The molecule has 0 heterocycles. The molecule has 0 aromatic heterocycles. The number of rotatable bonds is 14. The lowest BCUT2D eigenvalue weighted by Crippen LogP contribution is -2.53. The van der Waals surface area contributed by atoms with E-state index in [0.717, 1.165) is 0 Å². The zero-order valence-electron chi connectivity index (χ0n) is 11.9. The Hall–Kier alpha value is -0.360. The van der Waals surface area contributed by atoms with Gasteiger partial charge in [-0.25, -0.2) is 0 Å². The number of ether oxygens (including phenoxy) is 3. The second-order valence-corrected chi connectivity index (χ2v) is 4.23. The van der Waals surface area contributed by atoms with Crippen molar-refractivity contribution in [3.8, 4) is 0 Å². The van der Waals surface area contributed by atoms with Crippen LogP contribution in [-0.2, 0) is 14.2 Å². The average Bonchev–Trinajstić information content (AvgIpc) is 2.52. The molecule has 0 amide bonds. The van der Waals surface area contributed by atoms with Gasteiger partial charge < -0.3 is 44.8 Å². The van der Waals surface area contributed by atoms with E-state index in [1.165, 1.54) is 0 Å². The fourth-order valence-corrected chi connectivity index (χ4v) is 1.87. The Balaban J connectivity index is 5.30. The number of hydrogen-bond acceptors (Lipinski definition) is 9. The van der Waals surface area contributed by atoms with Crippen LogP contribution in [0, 0.1) is 11.8 Å². The minimum absolute atomic E-state index is 0.197. The monoisotopic (exact) mass is 314 g/mol. The molecule has 6 N–H and O–H groups in total. The van der Waals surface area contributed by atoms with Gasteiger partial charge in [0.2, 0.25) is 0 Å². The Morgan fingerprint density at radius 3 is 1.24 bits per heavy atom. The predicted octanol–water partition coefficient (Wildman–Crippen LogP) is -3.12. The topological polar surface area (TPSA) is 149 Å². The summed E-state index contributed by atoms with van der Waals surface area (Å²) in [5.41, 5.74) is 0. The smallest absolute Gasteiger partial charge is 0.288 e. The highest BCUT2D eigenvalue weighted by atomic mass is 16.9. The summed E-state index contributed by atoms with van der Waals surface area (Å²) >= 11 is 0. The summed E-state index contributed by atoms with van der Waals surface area (Å²) in [7, 11) is 0. The summed E-state index contributed by atoms with van der Waals surface area (Å²) in [6.45, 7) is -3.12. The lowest BCUT2D eigenvalue weighted by Gasteiger charge is -2.41. The van der Waals surface area contributed by atoms with Gasteiger partial charge in [0.15, 0.2) is 0 Å². The molecule has 128 valence electrons. The summed E-state index contributed by atoms with van der Waals surface area (Å²) in [5, 5.41) is 54.8. The van der Waals surface area contributed by atoms with E-state index >= 15 is 0 Å². The van der Waals surface area contributed by atoms with Crippen LogP contribution in [0.15, 0.2) is 0 Å². The maximum atomic E-state index is 9.54. The van der Waals surface area contributed by atoms with E-state index in [1.807, 2.05) is 0 Å². The highest BCUT2D eigenvalue weighted by Gasteiger charge is 2.46. The number of aliphatic hydroxyl groups excluding tert-OH is 6. The molecule has 0 aromatic carbocycles. The van der Waals surface area contributed by atoms with Gasteiger partial charge in [-0.05, 0) is 0 Å². The zero-order valence-corrected chi connectivity index (χ0v) is 11.9. The molecule has 0 aliphatic carbocycles. The van der Waals surface area contributed by atoms with Crippen LogP contribution < -0.4 is 0 Å². The SMILES string of the molecule is OCCOC(OCCO)(OCCO)C(CO)C(CO)CO. The zero-order chi connectivity index (χ0) is 16.1. The second-order valence-electron chi connectivity index (χ2n) is 4.23. The van der Waals surface area contributed by atoms with Crippen molar-refractivity contribution in [2.45, 2.75) is 5.97 Å². The van der Waals surface area contributed by atoms with Gasteiger partial charge in [-0.2, -0.15) is 0 Å². The fraction of sp³-hybridized carbons (Fsp3) is 1.00. The Kier molecular flexibility index (Phi) is 12.0. The van der Waals surface area contributed by atoms with Crippen molar-refractivity contribution in [3.05, 3.63) is 0 Å². The molecular weight excluding hydrogens is 288 g/mol. The first-order valence-corrected chi connectivity index (χ1v) is 6.72. The van der Waals surface area contributed by atoms with E-state index < -0.39 is 37.6 Å². The normalized spacial score (nSPS) is 13.9. The molecule has 0 saturated heterocycles. The third-order valence-corrected chi connectivity index (χ3v) is 2.87. The van der Waals surface area contributed by atoms with Crippen molar-refractivity contribution in [1.29, 1.82) is 0 Å². The van der Waals surface area contributed by atoms with E-state index in [-0.39, 0.29) is 39.6 Å². The largest absolute Gasteiger partial charge is 0.396 e. The van der Waals surface area contributed by atoms with Crippen LogP contribution in [-0.4, -0.2) is 96.1 Å². The molecule has 0 fully saturated rings. The molecule has 1 atom stereocenters. The fourth-order valence-electron chi connectivity index (χ4n) is 1.87. The number of hydrogen-bond donors (Lipinski definition) is 6. The van der Waals surface area contributed by atoms with Crippen LogP contribution in [0.3, 0.4) is 0 Å². The van der Waals surface area contributed by atoms with Crippen LogP contribution in [0.1, 0.15) is 0 Å². The van der Waals surface area contributed by atoms with Crippen molar-refractivity contribution in [2.24, 2.45) is 11.8 Å². The molecule has 21 heavy (non-hydrogen) atoms. The van der Waals surface area contributed by atoms with Gasteiger partial charge >= 0.3 is 0 Å². The molecule has 0 aromatic rings. The molecule has 0 saturated carbocycles. The van der Waals surface area contributed by atoms with Gasteiger partial charge in [-0.1, -0.05) is 0 Å². The van der Waals surface area contributed by atoms with Crippen LogP contribution in [0.4, 0.5) is 0 Å². The van der Waals surface area contributed by atoms with Gasteiger partial charge in [-0.3, -0.25) is 0 Å². The van der Waals surface area contributed by atoms with Gasteiger partial charge in [0.1, 0.15) is 0 Å². The van der Waals surface area contributed by atoms with Gasteiger partial charge in [-0.15, -0.1) is 0 Å². The molecule has 0 aliphatic heterocycles. The lowest BCUT2D eigenvalue weighted by atomic mass is 9.91. The Morgan fingerprint density at radius 1 is 0.619 bits per heavy atom. The van der Waals surface area contributed by atoms with Crippen LogP contribution in [0.2, 0.25) is 0 Å². The van der Waals surface area contributed by atoms with E-state index in [2.05, 4.69) is 0 Å². The maximum absolute atomic E-state index is 9.54. The second kappa shape index (κ2) is 12.2. The van der Waals surface area contributed by atoms with Crippen molar-refractivity contribution < 1.29 is 44.8 Å². The van der Waals surface area contributed by atoms with Gasteiger partial charge in [0.25, 0.3) is 5.97 Å². The first kappa shape index (κ1) is 20.6. The average molecular weight is 314 g/mol. The Morgan fingerprint density at radius 2 is 1.00 bits per heavy atom. The molecule has 9 nitrogen and oxygen atoms in total. The van der Waals surface area contributed by atoms with E-state index in [1.54, 1.807) is 0 Å². The van der Waals surface area contributed by atoms with E-state index in [0.29, 0.717) is 0 Å². The molecule has 9 heteroatoms. The molecule has 0 bridgehead atoms. The third kappa shape index (κ3) is 6.51. The lowest BCUT2D eigenvalue weighted by molar-refractivity contribution is -0.417. The van der Waals surface area contributed by atoms with Crippen molar-refractivity contribution in [3.63, 3.8) is 0 Å². The summed E-state index contributed by atoms with van der Waals surface area (Å²) < 4.78 is 16.0. The minimum Gasteiger partial charge on any atom is -0.396 e. The quantitative estimate of drug-likeness (QED) is 0.183. The van der Waals surface area contributed by atoms with Crippen LogP contribution in [0.5, 0.6) is 0 Å². The standard InChI is InChI=1S/C12H26O9/c13-1-4-19-12(20-5-2-14,21-6-3-15)11(9-18)10(7-16)8-17/h10-11,13-18H,1-9H2. The molecule has 0 aliphatic rings. The van der Waals surface area contributed by atoms with Gasteiger partial charge in [0, 0.05) is 19.1 Å². The summed E-state index contributed by atoms with van der Waals surface area (Å²) in [6, 6.07) is 0. The van der Waals surface area contributed by atoms with E-state index in [9.17, 15) is 15.3 Å². The molecule has 1 unspecified atom stereocenters. The highest BCUT2D eigenvalue weighted by Crippen LogP contribution is 2.31. The van der Waals surface area contributed by atoms with Crippen LogP contribution >= 0.6 is 0 Å². The van der Waals surface area contributed by atoms with Crippen molar-refractivity contribution >= 4 is 0 Å². The van der Waals surface area contributed by atoms with Crippen molar-refractivity contribution in [2.75, 3.05) is 59.5 Å². The third-order valence-electron chi connectivity index (χ3n) is 2.87. The summed E-state index contributed by atoms with van der Waals surface area (Å²) in [4.78, 5) is 0. The van der Waals surface area contributed by atoms with Crippen LogP contribution in [0.25, 0.3) is 0 Å². The van der Waals surface area contributed by atoms with Gasteiger partial charge in [0.05, 0.1) is 52.2 Å². The molecule has 0 spiro atoms. The highest BCUT2D eigenvalue weighted by molar-refractivity contribution is 4.78. The first-order valence-electron chi connectivity index (χ1n) is 6.72. The summed E-state index contributed by atoms with van der Waals surface area (Å²) in [6.07, 6.45) is 0. The predicted molar refractivity (Wildman–Crippen MR) is 70.1 cm³/mol. The maximum Gasteiger partial charge on any atom is 0.288 e. The minimum atomic E-state index is -1.90. The number of aliphatic hydroxyl groups is 6. The molecular formula is C12H26O9. The van der Waals surface area contributed by atoms with Crippen molar-refractivity contribution in [1.82, 2.24) is 0 Å². The summed E-state index contributed by atoms with van der Waals surface area (Å²) in [5.74, 6) is -3.71. The Bertz CT molecular complexity index is 213. The first-order chi connectivity index (χ1) is 10.2. The molecule has 0 radical (unpaired) electrons.